The molecule has 0 bridgehead atoms. The van der Waals surface area contributed by atoms with Gasteiger partial charge in [0.15, 0.2) is 0 Å². The number of hydrogen-bond acceptors (Lipinski definition) is 5. The van der Waals surface area contributed by atoms with Crippen LogP contribution in [0.15, 0.2) is 60.8 Å². The molecule has 2 heterocycles. The van der Waals surface area contributed by atoms with Crippen LogP contribution < -0.4 is 5.32 Å². The van der Waals surface area contributed by atoms with Crippen LogP contribution in [0.5, 0.6) is 5.75 Å². The number of hydrogen-bond donors (Lipinski definition) is 2. The third kappa shape index (κ3) is 5.65. The standard InChI is InChI=1S/C25H30N4O/c1-19-17-29(15-14-26-19)18-21-5-2-6-22(16-21)24-12-13-27-25(28-24)7-3-4-20-8-10-23(30)11-9-20/h2,5-6,8-13,16,19,26,30H,3-4,7,14-15,17-18H2,1H3/t19-/m0/s1. The molecule has 30 heavy (non-hydrogen) atoms. The molecule has 1 aromatic heterocycles. The normalized spacial score (nSPS) is 17.2. The quantitative estimate of drug-likeness (QED) is 0.629. The van der Waals surface area contributed by atoms with Gasteiger partial charge in [-0.05, 0) is 55.2 Å². The van der Waals surface area contributed by atoms with Gasteiger partial charge in [-0.15, -0.1) is 0 Å². The van der Waals surface area contributed by atoms with Crippen molar-refractivity contribution in [2.75, 3.05) is 19.6 Å². The highest BCUT2D eigenvalue weighted by molar-refractivity contribution is 5.59. The lowest BCUT2D eigenvalue weighted by Gasteiger charge is -2.31. The lowest BCUT2D eigenvalue weighted by Crippen LogP contribution is -2.48. The van der Waals surface area contributed by atoms with Gasteiger partial charge in [0.1, 0.15) is 11.6 Å². The number of nitrogens with zero attached hydrogens (tertiary/aromatic N) is 3. The second-order valence-electron chi connectivity index (χ2n) is 8.17. The molecule has 0 radical (unpaired) electrons. The van der Waals surface area contributed by atoms with E-state index < -0.39 is 0 Å². The maximum absolute atomic E-state index is 9.40. The van der Waals surface area contributed by atoms with E-state index in [4.69, 9.17) is 4.98 Å². The zero-order valence-corrected chi connectivity index (χ0v) is 17.6. The van der Waals surface area contributed by atoms with Gasteiger partial charge in [-0.3, -0.25) is 4.90 Å². The first-order valence-corrected chi connectivity index (χ1v) is 10.8. The largest absolute Gasteiger partial charge is 0.508 e. The summed E-state index contributed by atoms with van der Waals surface area (Å²) in [6, 6.07) is 18.7. The predicted octanol–water partition coefficient (Wildman–Crippen LogP) is 3.82. The van der Waals surface area contributed by atoms with Crippen LogP contribution >= 0.6 is 0 Å². The van der Waals surface area contributed by atoms with Crippen molar-refractivity contribution in [3.63, 3.8) is 0 Å². The molecule has 1 atom stereocenters. The van der Waals surface area contributed by atoms with Gasteiger partial charge in [-0.25, -0.2) is 9.97 Å². The summed E-state index contributed by atoms with van der Waals surface area (Å²) in [7, 11) is 0. The Labute approximate surface area is 178 Å². The van der Waals surface area contributed by atoms with Crippen LogP contribution in [0.4, 0.5) is 0 Å². The van der Waals surface area contributed by atoms with E-state index in [2.05, 4.69) is 46.4 Å². The fourth-order valence-corrected chi connectivity index (χ4v) is 4.04. The van der Waals surface area contributed by atoms with Gasteiger partial charge >= 0.3 is 0 Å². The highest BCUT2D eigenvalue weighted by Gasteiger charge is 2.15. The number of piperazine rings is 1. The van der Waals surface area contributed by atoms with E-state index >= 15 is 0 Å². The van der Waals surface area contributed by atoms with E-state index in [0.717, 1.165) is 62.5 Å². The van der Waals surface area contributed by atoms with Crippen molar-refractivity contribution >= 4 is 0 Å². The maximum Gasteiger partial charge on any atom is 0.128 e. The minimum absolute atomic E-state index is 0.309. The van der Waals surface area contributed by atoms with Crippen molar-refractivity contribution in [1.29, 1.82) is 0 Å². The Morgan fingerprint density at radius 1 is 1.07 bits per heavy atom. The Balaban J connectivity index is 1.38. The third-order valence-electron chi connectivity index (χ3n) is 5.59. The average molecular weight is 403 g/mol. The molecule has 156 valence electrons. The van der Waals surface area contributed by atoms with Gasteiger partial charge in [0.2, 0.25) is 0 Å². The summed E-state index contributed by atoms with van der Waals surface area (Å²) in [6.07, 6.45) is 4.64. The summed E-state index contributed by atoms with van der Waals surface area (Å²) in [4.78, 5) is 11.8. The van der Waals surface area contributed by atoms with Crippen LogP contribution in [0, 0.1) is 0 Å². The number of phenolic OH excluding ortho intramolecular Hbond substituents is 1. The summed E-state index contributed by atoms with van der Waals surface area (Å²) in [6.45, 7) is 6.45. The Hall–Kier alpha value is -2.76. The second-order valence-corrected chi connectivity index (χ2v) is 8.17. The molecule has 2 N–H and O–H groups in total. The van der Waals surface area contributed by atoms with E-state index in [0.29, 0.717) is 11.8 Å². The number of rotatable bonds is 7. The van der Waals surface area contributed by atoms with Crippen molar-refractivity contribution in [3.8, 4) is 17.0 Å². The number of benzene rings is 2. The van der Waals surface area contributed by atoms with Gasteiger partial charge in [0.25, 0.3) is 0 Å². The van der Waals surface area contributed by atoms with Crippen LogP contribution in [0.1, 0.15) is 30.3 Å². The molecule has 4 rings (SSSR count). The number of phenols is 1. The van der Waals surface area contributed by atoms with Crippen LogP contribution in [0.3, 0.4) is 0 Å². The zero-order valence-electron chi connectivity index (χ0n) is 17.6. The monoisotopic (exact) mass is 402 g/mol. The Morgan fingerprint density at radius 3 is 2.77 bits per heavy atom. The Morgan fingerprint density at radius 2 is 1.93 bits per heavy atom. The molecule has 1 aliphatic rings. The first-order chi connectivity index (χ1) is 14.7. The van der Waals surface area contributed by atoms with E-state index in [1.807, 2.05) is 24.4 Å². The SMILES string of the molecule is C[C@H]1CN(Cc2cccc(-c3ccnc(CCCc4ccc(O)cc4)n3)c2)CCN1. The van der Waals surface area contributed by atoms with Gasteiger partial charge < -0.3 is 10.4 Å². The highest BCUT2D eigenvalue weighted by Crippen LogP contribution is 2.20. The fourth-order valence-electron chi connectivity index (χ4n) is 4.04. The zero-order chi connectivity index (χ0) is 20.8. The molecule has 0 amide bonds. The first kappa shape index (κ1) is 20.5. The number of aromatic hydroxyl groups is 1. The van der Waals surface area contributed by atoms with Crippen LogP contribution in [-0.4, -0.2) is 45.7 Å². The third-order valence-corrected chi connectivity index (χ3v) is 5.59. The molecule has 0 spiro atoms. The van der Waals surface area contributed by atoms with E-state index in [1.165, 1.54) is 11.1 Å². The van der Waals surface area contributed by atoms with E-state index in [1.54, 1.807) is 12.1 Å². The number of aryl methyl sites for hydroxylation is 2. The molecule has 1 saturated heterocycles. The molecule has 2 aromatic carbocycles. The lowest BCUT2D eigenvalue weighted by molar-refractivity contribution is 0.199. The van der Waals surface area contributed by atoms with Gasteiger partial charge in [0.05, 0.1) is 5.69 Å². The van der Waals surface area contributed by atoms with Gasteiger partial charge in [0, 0.05) is 50.4 Å². The van der Waals surface area contributed by atoms with Crippen molar-refractivity contribution in [2.45, 2.75) is 38.8 Å². The molecule has 0 aliphatic carbocycles. The van der Waals surface area contributed by atoms with Crippen molar-refractivity contribution < 1.29 is 5.11 Å². The van der Waals surface area contributed by atoms with Crippen molar-refractivity contribution in [2.24, 2.45) is 0 Å². The molecular formula is C25H30N4O. The van der Waals surface area contributed by atoms with Crippen molar-refractivity contribution in [1.82, 2.24) is 20.2 Å². The van der Waals surface area contributed by atoms with Crippen LogP contribution in [-0.2, 0) is 19.4 Å². The smallest absolute Gasteiger partial charge is 0.128 e. The van der Waals surface area contributed by atoms with Crippen LogP contribution in [0.25, 0.3) is 11.3 Å². The molecule has 3 aromatic rings. The minimum atomic E-state index is 0.309. The molecule has 0 unspecified atom stereocenters. The fraction of sp³-hybridized carbons (Fsp3) is 0.360. The lowest BCUT2D eigenvalue weighted by atomic mass is 10.1. The molecule has 5 heteroatoms. The summed E-state index contributed by atoms with van der Waals surface area (Å²) < 4.78 is 0. The molecule has 0 saturated carbocycles. The van der Waals surface area contributed by atoms with Gasteiger partial charge in [-0.2, -0.15) is 0 Å². The van der Waals surface area contributed by atoms with E-state index in [-0.39, 0.29) is 0 Å². The van der Waals surface area contributed by atoms with Gasteiger partial charge in [-0.1, -0.05) is 30.3 Å². The highest BCUT2D eigenvalue weighted by atomic mass is 16.3. The summed E-state index contributed by atoms with van der Waals surface area (Å²) in [5, 5.41) is 12.9. The summed E-state index contributed by atoms with van der Waals surface area (Å²) >= 11 is 0. The number of nitrogens with one attached hydrogen (secondary N) is 1. The minimum Gasteiger partial charge on any atom is -0.508 e. The topological polar surface area (TPSA) is 61.3 Å². The Kier molecular flexibility index (Phi) is 6.72. The molecule has 5 nitrogen and oxygen atoms in total. The van der Waals surface area contributed by atoms with Crippen molar-refractivity contribution in [3.05, 3.63) is 77.7 Å². The predicted molar refractivity (Wildman–Crippen MR) is 120 cm³/mol. The maximum atomic E-state index is 9.40. The number of aromatic nitrogens is 2. The summed E-state index contributed by atoms with van der Waals surface area (Å²) in [5.74, 6) is 1.19. The van der Waals surface area contributed by atoms with Crippen LogP contribution in [0.2, 0.25) is 0 Å². The second kappa shape index (κ2) is 9.83. The summed E-state index contributed by atoms with van der Waals surface area (Å²) in [5.41, 5.74) is 4.69. The molecular weight excluding hydrogens is 372 g/mol. The average Bonchev–Trinajstić information content (AvgIpc) is 2.76. The van der Waals surface area contributed by atoms with E-state index in [9.17, 15) is 5.11 Å². The Bertz CT molecular complexity index is 957. The molecule has 1 aliphatic heterocycles. The molecule has 1 fully saturated rings. The first-order valence-electron chi connectivity index (χ1n) is 10.8.